The minimum atomic E-state index is -0.0585. The van der Waals surface area contributed by atoms with Crippen molar-refractivity contribution in [2.24, 2.45) is 0 Å². The molecule has 5 nitrogen and oxygen atoms in total. The van der Waals surface area contributed by atoms with Crippen molar-refractivity contribution >= 4 is 23.2 Å². The Kier molecular flexibility index (Phi) is 6.20. The van der Waals surface area contributed by atoms with Gasteiger partial charge in [-0.25, -0.2) is 0 Å². The molecule has 0 unspecified atom stereocenters. The Bertz CT molecular complexity index is 948. The van der Waals surface area contributed by atoms with E-state index >= 15 is 0 Å². The Morgan fingerprint density at radius 2 is 1.50 bits per heavy atom. The van der Waals surface area contributed by atoms with E-state index in [1.165, 1.54) is 0 Å². The summed E-state index contributed by atoms with van der Waals surface area (Å²) >= 11 is 0. The van der Waals surface area contributed by atoms with Crippen molar-refractivity contribution < 1.29 is 14.9 Å². The number of carbonyl (C=O) groups excluding carboxylic acids is 2. The largest absolute Gasteiger partial charge is 0.328 e. The van der Waals surface area contributed by atoms with Crippen LogP contribution in [0, 0.1) is 0 Å². The SMILES string of the molecule is O=C(C[NH2+]C(c1ccccc1)c1ccccc1)Nc1ccc(N2CCCC2=O)cc1. The molecule has 3 N–H and O–H groups in total. The van der Waals surface area contributed by atoms with E-state index in [1.807, 2.05) is 60.7 Å². The fourth-order valence-corrected chi connectivity index (χ4v) is 3.87. The van der Waals surface area contributed by atoms with Crippen LogP contribution >= 0.6 is 0 Å². The van der Waals surface area contributed by atoms with E-state index in [-0.39, 0.29) is 17.9 Å². The van der Waals surface area contributed by atoms with Gasteiger partial charge in [0, 0.05) is 35.5 Å². The van der Waals surface area contributed by atoms with Crippen molar-refractivity contribution in [1.82, 2.24) is 0 Å². The lowest BCUT2D eigenvalue weighted by atomic mass is 9.99. The number of amides is 2. The molecule has 4 rings (SSSR count). The van der Waals surface area contributed by atoms with Crippen molar-refractivity contribution in [3.05, 3.63) is 96.1 Å². The molecule has 1 aliphatic heterocycles. The van der Waals surface area contributed by atoms with Crippen LogP contribution in [0.15, 0.2) is 84.9 Å². The Balaban J connectivity index is 1.38. The van der Waals surface area contributed by atoms with Gasteiger partial charge in [0.15, 0.2) is 6.54 Å². The fourth-order valence-electron chi connectivity index (χ4n) is 3.87. The number of carbonyl (C=O) groups is 2. The summed E-state index contributed by atoms with van der Waals surface area (Å²) in [4.78, 5) is 26.2. The molecule has 3 aromatic rings. The van der Waals surface area contributed by atoms with Gasteiger partial charge < -0.3 is 15.5 Å². The van der Waals surface area contributed by atoms with E-state index in [0.717, 1.165) is 35.5 Å². The molecule has 0 radical (unpaired) electrons. The van der Waals surface area contributed by atoms with Crippen LogP contribution in [-0.4, -0.2) is 24.9 Å². The molecule has 0 spiro atoms. The highest BCUT2D eigenvalue weighted by atomic mass is 16.2. The lowest BCUT2D eigenvalue weighted by Crippen LogP contribution is -2.87. The van der Waals surface area contributed by atoms with Gasteiger partial charge in [-0.15, -0.1) is 0 Å². The Morgan fingerprint density at radius 1 is 0.900 bits per heavy atom. The highest BCUT2D eigenvalue weighted by Crippen LogP contribution is 2.23. The molecule has 3 aromatic carbocycles. The second-order valence-electron chi connectivity index (χ2n) is 7.48. The molecule has 1 saturated heterocycles. The van der Waals surface area contributed by atoms with E-state index in [1.54, 1.807) is 4.90 Å². The maximum atomic E-state index is 12.6. The standard InChI is InChI=1S/C25H25N3O2/c29-23(27-21-13-15-22(16-14-21)28-17-7-12-24(28)30)18-26-25(19-8-3-1-4-9-19)20-10-5-2-6-11-20/h1-6,8-11,13-16,25-26H,7,12,17-18H2,(H,27,29)/p+1. The van der Waals surface area contributed by atoms with E-state index in [0.29, 0.717) is 13.0 Å². The average Bonchev–Trinajstić information content (AvgIpc) is 3.22. The molecule has 0 atom stereocenters. The first kappa shape index (κ1) is 19.9. The van der Waals surface area contributed by atoms with E-state index in [4.69, 9.17) is 0 Å². The molecule has 5 heteroatoms. The third kappa shape index (κ3) is 4.75. The number of hydrogen-bond acceptors (Lipinski definition) is 2. The number of rotatable bonds is 7. The first-order valence-corrected chi connectivity index (χ1v) is 10.3. The summed E-state index contributed by atoms with van der Waals surface area (Å²) in [6.07, 6.45) is 1.51. The van der Waals surface area contributed by atoms with Crippen LogP contribution in [0.2, 0.25) is 0 Å². The maximum Gasteiger partial charge on any atom is 0.279 e. The van der Waals surface area contributed by atoms with E-state index in [2.05, 4.69) is 34.9 Å². The molecule has 1 aliphatic rings. The van der Waals surface area contributed by atoms with Gasteiger partial charge in [0.25, 0.3) is 5.91 Å². The molecule has 0 aliphatic carbocycles. The Hall–Kier alpha value is -3.44. The number of hydrogen-bond donors (Lipinski definition) is 2. The summed E-state index contributed by atoms with van der Waals surface area (Å²) in [5.74, 6) is 0.103. The van der Waals surface area contributed by atoms with Crippen LogP contribution in [0.1, 0.15) is 30.0 Å². The number of benzene rings is 3. The van der Waals surface area contributed by atoms with Gasteiger partial charge in [0.1, 0.15) is 6.04 Å². The Labute approximate surface area is 176 Å². The minimum absolute atomic E-state index is 0.0571. The van der Waals surface area contributed by atoms with E-state index < -0.39 is 0 Å². The normalized spacial score (nSPS) is 13.6. The first-order valence-electron chi connectivity index (χ1n) is 10.3. The van der Waals surface area contributed by atoms with Crippen LogP contribution in [0.25, 0.3) is 0 Å². The molecule has 30 heavy (non-hydrogen) atoms. The average molecular weight is 401 g/mol. The Morgan fingerprint density at radius 3 is 2.03 bits per heavy atom. The first-order chi connectivity index (χ1) is 14.7. The van der Waals surface area contributed by atoms with Crippen LogP contribution in [0.3, 0.4) is 0 Å². The van der Waals surface area contributed by atoms with Gasteiger partial charge in [-0.3, -0.25) is 9.59 Å². The van der Waals surface area contributed by atoms with E-state index in [9.17, 15) is 9.59 Å². The van der Waals surface area contributed by atoms with Crippen molar-refractivity contribution in [3.63, 3.8) is 0 Å². The zero-order chi connectivity index (χ0) is 20.8. The molecule has 0 aromatic heterocycles. The predicted octanol–water partition coefficient (Wildman–Crippen LogP) is 3.10. The zero-order valence-electron chi connectivity index (χ0n) is 16.8. The summed E-state index contributed by atoms with van der Waals surface area (Å²) in [6.45, 7) is 1.07. The van der Waals surface area contributed by atoms with Crippen LogP contribution < -0.4 is 15.5 Å². The molecule has 0 bridgehead atoms. The summed E-state index contributed by atoms with van der Waals surface area (Å²) < 4.78 is 0. The topological polar surface area (TPSA) is 66.0 Å². The second kappa shape index (κ2) is 9.37. The number of nitrogens with two attached hydrogens (primary N) is 1. The zero-order valence-corrected chi connectivity index (χ0v) is 16.8. The van der Waals surface area contributed by atoms with Crippen LogP contribution in [-0.2, 0) is 9.59 Å². The monoisotopic (exact) mass is 400 g/mol. The predicted molar refractivity (Wildman–Crippen MR) is 118 cm³/mol. The fraction of sp³-hybridized carbons (Fsp3) is 0.200. The smallest absolute Gasteiger partial charge is 0.279 e. The molecular formula is C25H26N3O2+. The summed E-state index contributed by atoms with van der Waals surface area (Å²) in [5.41, 5.74) is 3.95. The number of nitrogens with one attached hydrogen (secondary N) is 1. The number of nitrogens with zero attached hydrogens (tertiary/aromatic N) is 1. The number of anilines is 2. The number of quaternary nitrogens is 1. The summed E-state index contributed by atoms with van der Waals surface area (Å²) in [7, 11) is 0. The molecule has 2 amide bonds. The minimum Gasteiger partial charge on any atom is -0.328 e. The highest BCUT2D eigenvalue weighted by molar-refractivity contribution is 5.96. The lowest BCUT2D eigenvalue weighted by Gasteiger charge is -2.17. The lowest BCUT2D eigenvalue weighted by molar-refractivity contribution is -0.676. The van der Waals surface area contributed by atoms with Gasteiger partial charge >= 0.3 is 0 Å². The molecule has 1 fully saturated rings. The summed E-state index contributed by atoms with van der Waals surface area (Å²) in [6, 6.07) is 28.0. The highest BCUT2D eigenvalue weighted by Gasteiger charge is 2.22. The van der Waals surface area contributed by atoms with Gasteiger partial charge in [-0.1, -0.05) is 60.7 Å². The summed E-state index contributed by atoms with van der Waals surface area (Å²) in [5, 5.41) is 5.01. The van der Waals surface area contributed by atoms with Crippen molar-refractivity contribution in [3.8, 4) is 0 Å². The molecular weight excluding hydrogens is 374 g/mol. The second-order valence-corrected chi connectivity index (χ2v) is 7.48. The van der Waals surface area contributed by atoms with Crippen molar-refractivity contribution in [1.29, 1.82) is 0 Å². The molecule has 1 heterocycles. The third-order valence-corrected chi connectivity index (χ3v) is 5.39. The van der Waals surface area contributed by atoms with Gasteiger partial charge in [0.05, 0.1) is 0 Å². The van der Waals surface area contributed by atoms with Crippen molar-refractivity contribution in [2.45, 2.75) is 18.9 Å². The third-order valence-electron chi connectivity index (χ3n) is 5.39. The quantitative estimate of drug-likeness (QED) is 0.640. The van der Waals surface area contributed by atoms with Crippen LogP contribution in [0.5, 0.6) is 0 Å². The maximum absolute atomic E-state index is 12.6. The van der Waals surface area contributed by atoms with Crippen molar-refractivity contribution in [2.75, 3.05) is 23.3 Å². The molecule has 0 saturated carbocycles. The van der Waals surface area contributed by atoms with Gasteiger partial charge in [-0.2, -0.15) is 0 Å². The van der Waals surface area contributed by atoms with Crippen LogP contribution in [0.4, 0.5) is 11.4 Å². The molecule has 152 valence electrons. The van der Waals surface area contributed by atoms with Gasteiger partial charge in [0.2, 0.25) is 5.91 Å². The van der Waals surface area contributed by atoms with Gasteiger partial charge in [-0.05, 0) is 30.7 Å².